The van der Waals surface area contributed by atoms with Crippen LogP contribution < -0.4 is 5.32 Å². The lowest BCUT2D eigenvalue weighted by Crippen LogP contribution is -2.34. The number of aromatic nitrogens is 3. The highest BCUT2D eigenvalue weighted by Crippen LogP contribution is 2.28. The van der Waals surface area contributed by atoms with Crippen molar-refractivity contribution in [2.24, 2.45) is 0 Å². The van der Waals surface area contributed by atoms with Crippen molar-refractivity contribution in [2.45, 2.75) is 32.9 Å². The Balaban J connectivity index is 1.84. The highest BCUT2D eigenvalue weighted by Gasteiger charge is 2.26. The predicted molar refractivity (Wildman–Crippen MR) is 127 cm³/mol. The molecule has 168 valence electrons. The van der Waals surface area contributed by atoms with E-state index >= 15 is 0 Å². The first-order valence-corrected chi connectivity index (χ1v) is 10.8. The summed E-state index contributed by atoms with van der Waals surface area (Å²) in [5, 5.41) is 7.93. The first kappa shape index (κ1) is 22.2. The van der Waals surface area contributed by atoms with Crippen molar-refractivity contribution in [3.63, 3.8) is 0 Å². The molecule has 7 nitrogen and oxygen atoms in total. The second kappa shape index (κ2) is 9.24. The summed E-state index contributed by atoms with van der Waals surface area (Å²) in [7, 11) is 1.30. The van der Waals surface area contributed by atoms with Crippen LogP contribution in [0.15, 0.2) is 66.9 Å². The SMILES string of the molecule is COC(=O)C(NC(=O)c1cc(-c2ccccc2C)nc2c1cnn2C(C)C)c1ccccc1. The van der Waals surface area contributed by atoms with Crippen molar-refractivity contribution in [2.75, 3.05) is 7.11 Å². The fourth-order valence-corrected chi connectivity index (χ4v) is 3.83. The number of nitrogens with zero attached hydrogens (tertiary/aromatic N) is 3. The summed E-state index contributed by atoms with van der Waals surface area (Å²) >= 11 is 0. The molecule has 33 heavy (non-hydrogen) atoms. The zero-order chi connectivity index (χ0) is 23.5. The van der Waals surface area contributed by atoms with Gasteiger partial charge in [0.1, 0.15) is 0 Å². The topological polar surface area (TPSA) is 86.1 Å². The van der Waals surface area contributed by atoms with E-state index in [2.05, 4.69) is 10.4 Å². The Labute approximate surface area is 192 Å². The lowest BCUT2D eigenvalue weighted by Gasteiger charge is -2.18. The van der Waals surface area contributed by atoms with Gasteiger partial charge in [0, 0.05) is 11.6 Å². The highest BCUT2D eigenvalue weighted by molar-refractivity contribution is 6.07. The smallest absolute Gasteiger partial charge is 0.333 e. The fourth-order valence-electron chi connectivity index (χ4n) is 3.83. The molecule has 7 heteroatoms. The average molecular weight is 443 g/mol. The van der Waals surface area contributed by atoms with Crippen LogP contribution in [0.3, 0.4) is 0 Å². The number of nitrogens with one attached hydrogen (secondary N) is 1. The minimum atomic E-state index is -0.936. The second-order valence-electron chi connectivity index (χ2n) is 8.13. The predicted octanol–water partition coefficient (Wildman–Crippen LogP) is 4.63. The van der Waals surface area contributed by atoms with Gasteiger partial charge in [-0.15, -0.1) is 0 Å². The molecule has 0 aliphatic rings. The number of hydrogen-bond acceptors (Lipinski definition) is 5. The van der Waals surface area contributed by atoms with Gasteiger partial charge in [0.25, 0.3) is 5.91 Å². The maximum atomic E-state index is 13.5. The number of pyridine rings is 1. The van der Waals surface area contributed by atoms with Gasteiger partial charge >= 0.3 is 5.97 Å². The van der Waals surface area contributed by atoms with Crippen LogP contribution in [-0.2, 0) is 9.53 Å². The Kier molecular flexibility index (Phi) is 6.22. The Morgan fingerprint density at radius 2 is 1.73 bits per heavy atom. The summed E-state index contributed by atoms with van der Waals surface area (Å²) in [6.45, 7) is 6.03. The lowest BCUT2D eigenvalue weighted by atomic mass is 10.0. The van der Waals surface area contributed by atoms with Crippen molar-refractivity contribution in [3.05, 3.63) is 83.6 Å². The third-order valence-electron chi connectivity index (χ3n) is 5.57. The summed E-state index contributed by atoms with van der Waals surface area (Å²) in [4.78, 5) is 30.9. The Bertz CT molecular complexity index is 1310. The lowest BCUT2D eigenvalue weighted by molar-refractivity contribution is -0.143. The minimum Gasteiger partial charge on any atom is -0.467 e. The van der Waals surface area contributed by atoms with Crippen molar-refractivity contribution in [1.29, 1.82) is 0 Å². The van der Waals surface area contributed by atoms with Crippen molar-refractivity contribution >= 4 is 22.9 Å². The molecule has 1 atom stereocenters. The first-order chi connectivity index (χ1) is 15.9. The maximum absolute atomic E-state index is 13.5. The fraction of sp³-hybridized carbons (Fsp3) is 0.231. The van der Waals surface area contributed by atoms with Crippen molar-refractivity contribution < 1.29 is 14.3 Å². The number of amides is 1. The van der Waals surface area contributed by atoms with E-state index in [4.69, 9.17) is 9.72 Å². The summed E-state index contributed by atoms with van der Waals surface area (Å²) in [5.74, 6) is -0.948. The molecule has 2 aromatic heterocycles. The van der Waals surface area contributed by atoms with Gasteiger partial charge in [0.05, 0.1) is 30.0 Å². The highest BCUT2D eigenvalue weighted by atomic mass is 16.5. The van der Waals surface area contributed by atoms with Gasteiger partial charge in [-0.3, -0.25) is 4.79 Å². The molecule has 4 rings (SSSR count). The van der Waals surface area contributed by atoms with Crippen molar-refractivity contribution in [1.82, 2.24) is 20.1 Å². The molecule has 0 aliphatic carbocycles. The molecule has 1 amide bonds. The van der Waals surface area contributed by atoms with Crippen LogP contribution in [-0.4, -0.2) is 33.8 Å². The number of benzene rings is 2. The number of fused-ring (bicyclic) bond motifs is 1. The molecule has 1 N–H and O–H groups in total. The molecule has 0 saturated carbocycles. The van der Waals surface area contributed by atoms with Gasteiger partial charge in [0.2, 0.25) is 0 Å². The molecule has 2 aromatic carbocycles. The standard InChI is InChI=1S/C26H26N4O3/c1-16(2)30-24-21(15-27-30)20(14-22(28-24)19-13-9-8-10-17(19)3)25(31)29-23(26(32)33-4)18-11-6-5-7-12-18/h5-16,23H,1-4H3,(H,29,31). The number of hydrogen-bond donors (Lipinski definition) is 1. The van der Waals surface area contributed by atoms with Crippen LogP contribution >= 0.6 is 0 Å². The number of carbonyl (C=O) groups is 2. The van der Waals surface area contributed by atoms with E-state index in [1.807, 2.05) is 63.2 Å². The summed E-state index contributed by atoms with van der Waals surface area (Å²) < 4.78 is 6.75. The van der Waals surface area contributed by atoms with Crippen LogP contribution in [0.5, 0.6) is 0 Å². The Morgan fingerprint density at radius 1 is 1.03 bits per heavy atom. The molecule has 0 saturated heterocycles. The van der Waals surface area contributed by atoms with Gasteiger partial charge in [-0.1, -0.05) is 54.6 Å². The van der Waals surface area contributed by atoms with Gasteiger partial charge in [-0.05, 0) is 38.0 Å². The van der Waals surface area contributed by atoms with Gasteiger partial charge in [-0.2, -0.15) is 5.10 Å². The molecule has 0 bridgehead atoms. The Morgan fingerprint density at radius 3 is 2.39 bits per heavy atom. The summed E-state index contributed by atoms with van der Waals surface area (Å²) in [6.07, 6.45) is 1.65. The normalized spacial score (nSPS) is 12.0. The second-order valence-corrected chi connectivity index (χ2v) is 8.13. The first-order valence-electron chi connectivity index (χ1n) is 10.8. The number of rotatable bonds is 6. The summed E-state index contributed by atoms with van der Waals surface area (Å²) in [6, 6.07) is 17.8. The van der Waals surface area contributed by atoms with Crippen LogP contribution in [0, 0.1) is 6.92 Å². The van der Waals surface area contributed by atoms with E-state index in [-0.39, 0.29) is 6.04 Å². The molecule has 0 spiro atoms. The maximum Gasteiger partial charge on any atom is 0.333 e. The quantitative estimate of drug-likeness (QED) is 0.440. The number of ether oxygens (including phenoxy) is 1. The third-order valence-corrected chi connectivity index (χ3v) is 5.57. The van der Waals surface area contributed by atoms with E-state index in [1.54, 1.807) is 29.1 Å². The molecular weight excluding hydrogens is 416 g/mol. The van der Waals surface area contributed by atoms with Gasteiger partial charge < -0.3 is 10.1 Å². The zero-order valence-electron chi connectivity index (χ0n) is 19.1. The molecular formula is C26H26N4O3. The minimum absolute atomic E-state index is 0.0603. The van der Waals surface area contributed by atoms with Crippen LogP contribution in [0.4, 0.5) is 0 Å². The third kappa shape index (κ3) is 4.35. The Hall–Kier alpha value is -4.00. The number of methoxy groups -OCH3 is 1. The number of esters is 1. The molecule has 0 radical (unpaired) electrons. The number of carbonyl (C=O) groups excluding carboxylic acids is 2. The molecule has 0 aliphatic heterocycles. The molecule has 2 heterocycles. The van der Waals surface area contributed by atoms with E-state index in [0.29, 0.717) is 27.9 Å². The van der Waals surface area contributed by atoms with Gasteiger partial charge in [0.15, 0.2) is 11.7 Å². The molecule has 0 fully saturated rings. The van der Waals surface area contributed by atoms with E-state index < -0.39 is 17.9 Å². The van der Waals surface area contributed by atoms with E-state index in [0.717, 1.165) is 11.1 Å². The van der Waals surface area contributed by atoms with E-state index in [9.17, 15) is 9.59 Å². The van der Waals surface area contributed by atoms with Crippen molar-refractivity contribution in [3.8, 4) is 11.3 Å². The molecule has 4 aromatic rings. The van der Waals surface area contributed by atoms with E-state index in [1.165, 1.54) is 7.11 Å². The monoisotopic (exact) mass is 442 g/mol. The van der Waals surface area contributed by atoms with Crippen LogP contribution in [0.25, 0.3) is 22.3 Å². The van der Waals surface area contributed by atoms with Gasteiger partial charge in [-0.25, -0.2) is 14.5 Å². The average Bonchev–Trinajstić information content (AvgIpc) is 3.26. The van der Waals surface area contributed by atoms with Crippen LogP contribution in [0.2, 0.25) is 0 Å². The zero-order valence-corrected chi connectivity index (χ0v) is 19.1. The van der Waals surface area contributed by atoms with Crippen LogP contribution in [0.1, 0.15) is 47.4 Å². The molecule has 1 unspecified atom stereocenters. The number of aryl methyl sites for hydroxylation is 1. The largest absolute Gasteiger partial charge is 0.467 e. The summed E-state index contributed by atoms with van der Waals surface area (Å²) in [5.41, 5.74) is 4.29.